The first-order valence-corrected chi connectivity index (χ1v) is 4.55. The number of rotatable bonds is 2. The molecule has 14 heavy (non-hydrogen) atoms. The lowest BCUT2D eigenvalue weighted by atomic mass is 10.1. The number of Topliss-reactive ketones (excluding diaryl/α,β-unsaturated/α-hetero) is 1. The summed E-state index contributed by atoms with van der Waals surface area (Å²) in [5.41, 5.74) is 1.76. The molecule has 3 heteroatoms. The van der Waals surface area contributed by atoms with Gasteiger partial charge in [0.05, 0.1) is 19.8 Å². The highest BCUT2D eigenvalue weighted by Crippen LogP contribution is 2.37. The van der Waals surface area contributed by atoms with Crippen LogP contribution in [0.3, 0.4) is 0 Å². The first-order valence-electron chi connectivity index (χ1n) is 4.55. The Morgan fingerprint density at radius 3 is 2.57 bits per heavy atom. The summed E-state index contributed by atoms with van der Waals surface area (Å²) in [5.74, 6) is 1.35. The minimum Gasteiger partial charge on any atom is -0.493 e. The number of hydrogen-bond acceptors (Lipinski definition) is 3. The summed E-state index contributed by atoms with van der Waals surface area (Å²) < 4.78 is 10.3. The maximum absolute atomic E-state index is 11.6. The van der Waals surface area contributed by atoms with E-state index < -0.39 is 0 Å². The Morgan fingerprint density at radius 2 is 1.93 bits per heavy atom. The van der Waals surface area contributed by atoms with Gasteiger partial charge in [-0.15, -0.1) is 0 Å². The normalized spacial score (nSPS) is 14.0. The van der Waals surface area contributed by atoms with Gasteiger partial charge in [0.15, 0.2) is 17.3 Å². The summed E-state index contributed by atoms with van der Waals surface area (Å²) in [5, 5.41) is 0. The second-order valence-electron chi connectivity index (χ2n) is 3.26. The molecule has 0 aliphatic heterocycles. The van der Waals surface area contributed by atoms with E-state index in [1.54, 1.807) is 14.2 Å². The molecule has 74 valence electrons. The first kappa shape index (κ1) is 9.06. The number of carbonyl (C=O) groups is 1. The van der Waals surface area contributed by atoms with Crippen molar-refractivity contribution < 1.29 is 14.3 Å². The van der Waals surface area contributed by atoms with Gasteiger partial charge in [-0.25, -0.2) is 0 Å². The van der Waals surface area contributed by atoms with Gasteiger partial charge < -0.3 is 9.47 Å². The predicted molar refractivity (Wildman–Crippen MR) is 52.2 cm³/mol. The lowest BCUT2D eigenvalue weighted by Crippen LogP contribution is -1.99. The molecule has 0 saturated carbocycles. The molecule has 0 atom stereocenters. The number of ether oxygens (including phenoxy) is 2. The van der Waals surface area contributed by atoms with E-state index in [4.69, 9.17) is 9.47 Å². The molecule has 0 aromatic heterocycles. The van der Waals surface area contributed by atoms with Gasteiger partial charge in [0.25, 0.3) is 0 Å². The fourth-order valence-electron chi connectivity index (χ4n) is 1.85. The van der Waals surface area contributed by atoms with Gasteiger partial charge in [-0.1, -0.05) is 6.07 Å². The Hall–Kier alpha value is -1.51. The van der Waals surface area contributed by atoms with Gasteiger partial charge in [0.2, 0.25) is 0 Å². The van der Waals surface area contributed by atoms with E-state index in [2.05, 4.69) is 0 Å². The SMILES string of the molecule is COc1ccc2c(c1OC)C(=O)CC2. The molecule has 0 saturated heterocycles. The average Bonchev–Trinajstić information content (AvgIpc) is 2.59. The van der Waals surface area contributed by atoms with Crippen molar-refractivity contribution in [1.82, 2.24) is 0 Å². The van der Waals surface area contributed by atoms with E-state index in [0.717, 1.165) is 12.0 Å². The van der Waals surface area contributed by atoms with Crippen LogP contribution in [0.5, 0.6) is 11.5 Å². The van der Waals surface area contributed by atoms with E-state index in [-0.39, 0.29) is 5.78 Å². The van der Waals surface area contributed by atoms with E-state index >= 15 is 0 Å². The Morgan fingerprint density at radius 1 is 1.14 bits per heavy atom. The van der Waals surface area contributed by atoms with Crippen molar-refractivity contribution in [1.29, 1.82) is 0 Å². The molecule has 1 aliphatic rings. The highest BCUT2D eigenvalue weighted by molar-refractivity contribution is 6.03. The van der Waals surface area contributed by atoms with E-state index in [0.29, 0.717) is 23.5 Å². The van der Waals surface area contributed by atoms with E-state index in [1.807, 2.05) is 12.1 Å². The number of hydrogen-bond donors (Lipinski definition) is 0. The van der Waals surface area contributed by atoms with E-state index in [1.165, 1.54) is 0 Å². The molecule has 0 radical (unpaired) electrons. The molecule has 0 unspecified atom stereocenters. The van der Waals surface area contributed by atoms with Crippen LogP contribution in [-0.4, -0.2) is 20.0 Å². The molecule has 0 N–H and O–H groups in total. The van der Waals surface area contributed by atoms with E-state index in [9.17, 15) is 4.79 Å². The van der Waals surface area contributed by atoms with Gasteiger partial charge in [0, 0.05) is 6.42 Å². The lowest BCUT2D eigenvalue weighted by Gasteiger charge is -2.10. The van der Waals surface area contributed by atoms with Crippen LogP contribution in [-0.2, 0) is 6.42 Å². The zero-order chi connectivity index (χ0) is 10.1. The summed E-state index contributed by atoms with van der Waals surface area (Å²) >= 11 is 0. The number of fused-ring (bicyclic) bond motifs is 1. The molecule has 0 amide bonds. The number of methoxy groups -OCH3 is 2. The summed E-state index contributed by atoms with van der Waals surface area (Å²) in [7, 11) is 3.13. The zero-order valence-corrected chi connectivity index (χ0v) is 8.29. The van der Waals surface area contributed by atoms with Crippen LogP contribution in [0.15, 0.2) is 12.1 Å². The topological polar surface area (TPSA) is 35.5 Å². The number of carbonyl (C=O) groups excluding carboxylic acids is 1. The fraction of sp³-hybridized carbons (Fsp3) is 0.364. The van der Waals surface area contributed by atoms with Gasteiger partial charge in [-0.3, -0.25) is 4.79 Å². The maximum Gasteiger partial charge on any atom is 0.171 e. The summed E-state index contributed by atoms with van der Waals surface area (Å²) in [6, 6.07) is 3.78. The number of benzene rings is 1. The van der Waals surface area contributed by atoms with Crippen LogP contribution >= 0.6 is 0 Å². The van der Waals surface area contributed by atoms with Gasteiger partial charge in [0.1, 0.15) is 0 Å². The highest BCUT2D eigenvalue weighted by Gasteiger charge is 2.25. The van der Waals surface area contributed by atoms with Crippen LogP contribution in [0, 0.1) is 0 Å². The van der Waals surface area contributed by atoms with Crippen LogP contribution in [0.1, 0.15) is 22.3 Å². The van der Waals surface area contributed by atoms with Crippen LogP contribution in [0.4, 0.5) is 0 Å². The van der Waals surface area contributed by atoms with Crippen molar-refractivity contribution in [3.63, 3.8) is 0 Å². The maximum atomic E-state index is 11.6. The second kappa shape index (κ2) is 3.33. The van der Waals surface area contributed by atoms with Crippen molar-refractivity contribution in [2.45, 2.75) is 12.8 Å². The second-order valence-corrected chi connectivity index (χ2v) is 3.26. The molecule has 0 bridgehead atoms. The Balaban J connectivity index is 2.63. The molecular weight excluding hydrogens is 180 g/mol. The van der Waals surface area contributed by atoms with Crippen molar-refractivity contribution in [3.05, 3.63) is 23.3 Å². The van der Waals surface area contributed by atoms with Crippen LogP contribution in [0.2, 0.25) is 0 Å². The zero-order valence-electron chi connectivity index (χ0n) is 8.29. The van der Waals surface area contributed by atoms with Crippen molar-refractivity contribution in [2.75, 3.05) is 14.2 Å². The van der Waals surface area contributed by atoms with Crippen molar-refractivity contribution in [2.24, 2.45) is 0 Å². The van der Waals surface area contributed by atoms with Gasteiger partial charge in [-0.2, -0.15) is 0 Å². The minimum absolute atomic E-state index is 0.149. The highest BCUT2D eigenvalue weighted by atomic mass is 16.5. The molecule has 1 aliphatic carbocycles. The fourth-order valence-corrected chi connectivity index (χ4v) is 1.85. The summed E-state index contributed by atoms with van der Waals surface area (Å²) in [6.07, 6.45) is 1.40. The lowest BCUT2D eigenvalue weighted by molar-refractivity contribution is 0.0991. The standard InChI is InChI=1S/C11H12O3/c1-13-9-6-4-7-3-5-8(12)10(7)11(9)14-2/h4,6H,3,5H2,1-2H3. The molecule has 2 rings (SSSR count). The Kier molecular flexibility index (Phi) is 2.15. The quantitative estimate of drug-likeness (QED) is 0.717. The summed E-state index contributed by atoms with van der Waals surface area (Å²) in [6.45, 7) is 0. The first-order chi connectivity index (χ1) is 6.77. The van der Waals surface area contributed by atoms with Crippen LogP contribution in [0.25, 0.3) is 0 Å². The van der Waals surface area contributed by atoms with Crippen LogP contribution < -0.4 is 9.47 Å². The van der Waals surface area contributed by atoms with Crippen molar-refractivity contribution >= 4 is 5.78 Å². The third-order valence-electron chi connectivity index (χ3n) is 2.53. The number of aryl methyl sites for hydroxylation is 1. The predicted octanol–water partition coefficient (Wildman–Crippen LogP) is 1.83. The third-order valence-corrected chi connectivity index (χ3v) is 2.53. The Bertz CT molecular complexity index is 382. The molecule has 1 aromatic carbocycles. The average molecular weight is 192 g/mol. The van der Waals surface area contributed by atoms with Crippen molar-refractivity contribution in [3.8, 4) is 11.5 Å². The number of ketones is 1. The molecule has 3 nitrogen and oxygen atoms in total. The third kappa shape index (κ3) is 1.16. The molecule has 0 fully saturated rings. The minimum atomic E-state index is 0.149. The largest absolute Gasteiger partial charge is 0.493 e. The molecule has 0 heterocycles. The smallest absolute Gasteiger partial charge is 0.171 e. The molecule has 0 spiro atoms. The molecular formula is C11H12O3. The van der Waals surface area contributed by atoms with Gasteiger partial charge >= 0.3 is 0 Å². The van der Waals surface area contributed by atoms with Gasteiger partial charge in [-0.05, 0) is 18.1 Å². The monoisotopic (exact) mass is 192 g/mol. The molecule has 1 aromatic rings. The Labute approximate surface area is 82.6 Å². The summed E-state index contributed by atoms with van der Waals surface area (Å²) in [4.78, 5) is 11.6.